The van der Waals surface area contributed by atoms with Gasteiger partial charge in [-0.25, -0.2) is 4.39 Å². The van der Waals surface area contributed by atoms with Gasteiger partial charge in [0.15, 0.2) is 5.11 Å². The first kappa shape index (κ1) is 19.8. The van der Waals surface area contributed by atoms with Crippen LogP contribution in [0.4, 0.5) is 10.1 Å². The summed E-state index contributed by atoms with van der Waals surface area (Å²) in [6, 6.07) is 13.7. The van der Waals surface area contributed by atoms with E-state index in [4.69, 9.17) is 12.2 Å². The van der Waals surface area contributed by atoms with E-state index in [9.17, 15) is 4.39 Å². The first-order chi connectivity index (χ1) is 13.0. The number of rotatable bonds is 5. The van der Waals surface area contributed by atoms with E-state index < -0.39 is 0 Å². The Morgan fingerprint density at radius 2 is 1.85 bits per heavy atom. The summed E-state index contributed by atoms with van der Waals surface area (Å²) in [6.45, 7) is 6.99. The van der Waals surface area contributed by atoms with Gasteiger partial charge >= 0.3 is 0 Å². The van der Waals surface area contributed by atoms with Gasteiger partial charge in [-0.2, -0.15) is 0 Å². The number of halogens is 1. The lowest BCUT2D eigenvalue weighted by Gasteiger charge is -2.33. The van der Waals surface area contributed by atoms with Crippen molar-refractivity contribution in [2.45, 2.75) is 65.0 Å². The Hall–Kier alpha value is -1.94. The summed E-state index contributed by atoms with van der Waals surface area (Å²) in [6.07, 6.45) is 4.65. The molecule has 4 heteroatoms. The molecule has 3 rings (SSSR count). The number of aryl methyl sites for hydroxylation is 1. The fourth-order valence-corrected chi connectivity index (χ4v) is 4.23. The average Bonchev–Trinajstić information content (AvgIpc) is 3.16. The lowest BCUT2D eigenvalue weighted by molar-refractivity contribution is 0.308. The van der Waals surface area contributed by atoms with E-state index >= 15 is 0 Å². The number of benzene rings is 2. The maximum absolute atomic E-state index is 14.3. The second-order valence-electron chi connectivity index (χ2n) is 7.78. The highest BCUT2D eigenvalue weighted by Gasteiger charge is 2.26. The highest BCUT2D eigenvalue weighted by molar-refractivity contribution is 7.80. The largest absolute Gasteiger partial charge is 0.342 e. The van der Waals surface area contributed by atoms with E-state index in [1.165, 1.54) is 30.0 Å². The second-order valence-corrected chi connectivity index (χ2v) is 8.17. The molecule has 2 aromatic rings. The topological polar surface area (TPSA) is 15.3 Å². The van der Waals surface area contributed by atoms with E-state index in [1.807, 2.05) is 12.1 Å². The quantitative estimate of drug-likeness (QED) is 0.601. The van der Waals surface area contributed by atoms with Crippen molar-refractivity contribution in [2.24, 2.45) is 0 Å². The Morgan fingerprint density at radius 1 is 1.15 bits per heavy atom. The molecule has 0 spiro atoms. The molecule has 0 aromatic heterocycles. The van der Waals surface area contributed by atoms with Crippen LogP contribution in [0, 0.1) is 12.7 Å². The van der Waals surface area contributed by atoms with Crippen LogP contribution in [0.25, 0.3) is 0 Å². The van der Waals surface area contributed by atoms with Crippen molar-refractivity contribution in [3.8, 4) is 0 Å². The molecule has 1 saturated carbocycles. The van der Waals surface area contributed by atoms with Crippen LogP contribution >= 0.6 is 12.2 Å². The Morgan fingerprint density at radius 3 is 2.52 bits per heavy atom. The summed E-state index contributed by atoms with van der Waals surface area (Å²) in [5, 5.41) is 4.21. The molecular weight excluding hydrogens is 355 g/mol. The molecule has 0 heterocycles. The van der Waals surface area contributed by atoms with E-state index in [2.05, 4.69) is 49.2 Å². The lowest BCUT2D eigenvalue weighted by Crippen LogP contribution is -2.41. The number of anilines is 1. The Labute approximate surface area is 167 Å². The maximum atomic E-state index is 14.3. The van der Waals surface area contributed by atoms with Crippen LogP contribution in [0.2, 0.25) is 0 Å². The van der Waals surface area contributed by atoms with Crippen LogP contribution in [-0.4, -0.2) is 16.1 Å². The zero-order valence-corrected chi connectivity index (χ0v) is 17.3. The zero-order chi connectivity index (χ0) is 19.4. The predicted octanol–water partition coefficient (Wildman–Crippen LogP) is 6.40. The van der Waals surface area contributed by atoms with Crippen molar-refractivity contribution < 1.29 is 4.39 Å². The molecule has 1 N–H and O–H groups in total. The smallest absolute Gasteiger partial charge is 0.173 e. The van der Waals surface area contributed by atoms with E-state index in [0.29, 0.717) is 29.2 Å². The summed E-state index contributed by atoms with van der Waals surface area (Å²) in [4.78, 5) is 2.19. The number of hydrogen-bond donors (Lipinski definition) is 1. The van der Waals surface area contributed by atoms with Gasteiger partial charge in [-0.3, -0.25) is 0 Å². The van der Waals surface area contributed by atoms with Gasteiger partial charge in [0.25, 0.3) is 0 Å². The molecule has 2 aromatic carbocycles. The normalized spacial score (nSPS) is 14.6. The van der Waals surface area contributed by atoms with Crippen LogP contribution in [0.15, 0.2) is 42.5 Å². The fourth-order valence-electron chi connectivity index (χ4n) is 3.91. The Kier molecular flexibility index (Phi) is 6.48. The van der Waals surface area contributed by atoms with Crippen molar-refractivity contribution in [3.63, 3.8) is 0 Å². The first-order valence-corrected chi connectivity index (χ1v) is 10.3. The highest BCUT2D eigenvalue weighted by atomic mass is 32.1. The van der Waals surface area contributed by atoms with Gasteiger partial charge in [0, 0.05) is 23.8 Å². The van der Waals surface area contributed by atoms with Crippen LogP contribution in [0.1, 0.15) is 62.1 Å². The monoisotopic (exact) mass is 384 g/mol. The van der Waals surface area contributed by atoms with Gasteiger partial charge in [0.05, 0.1) is 0 Å². The molecule has 1 aliphatic rings. The molecule has 0 bridgehead atoms. The van der Waals surface area contributed by atoms with Crippen molar-refractivity contribution in [2.75, 3.05) is 5.32 Å². The third kappa shape index (κ3) is 4.67. The number of nitrogens with zero attached hydrogens (tertiary/aromatic N) is 1. The summed E-state index contributed by atoms with van der Waals surface area (Å²) >= 11 is 5.83. The van der Waals surface area contributed by atoms with Gasteiger partial charge in [-0.1, -0.05) is 63.1 Å². The fraction of sp³-hybridized carbons (Fsp3) is 0.435. The Bertz CT molecular complexity index is 797. The molecule has 1 aliphatic carbocycles. The number of hydrogen-bond acceptors (Lipinski definition) is 1. The van der Waals surface area contributed by atoms with Gasteiger partial charge < -0.3 is 10.2 Å². The molecule has 144 valence electrons. The minimum absolute atomic E-state index is 0.165. The summed E-state index contributed by atoms with van der Waals surface area (Å²) < 4.78 is 14.3. The SMILES string of the molecule is Cc1cccc(C(C)C)c1NC(=S)N(Cc1ccccc1F)C1CCCC1. The van der Waals surface area contributed by atoms with Crippen molar-refractivity contribution in [1.29, 1.82) is 0 Å². The Balaban J connectivity index is 1.87. The first-order valence-electron chi connectivity index (χ1n) is 9.88. The summed E-state index contributed by atoms with van der Waals surface area (Å²) in [5.74, 6) is 0.240. The zero-order valence-electron chi connectivity index (χ0n) is 16.5. The molecule has 0 aliphatic heterocycles. The molecule has 0 amide bonds. The molecule has 1 fully saturated rings. The standard InChI is InChI=1S/C23H29FN2S/c1-16(2)20-13-8-9-17(3)22(20)25-23(27)26(19-11-5-6-12-19)15-18-10-4-7-14-21(18)24/h4,7-10,13-14,16,19H,5-6,11-12,15H2,1-3H3,(H,25,27). The molecule has 0 atom stereocenters. The van der Waals surface area contributed by atoms with Gasteiger partial charge in [0.2, 0.25) is 0 Å². The van der Waals surface area contributed by atoms with Crippen molar-refractivity contribution in [3.05, 3.63) is 65.0 Å². The van der Waals surface area contributed by atoms with Gasteiger partial charge in [0.1, 0.15) is 5.82 Å². The predicted molar refractivity (Wildman–Crippen MR) is 116 cm³/mol. The van der Waals surface area contributed by atoms with Gasteiger partial charge in [-0.05, 0) is 55.1 Å². The minimum Gasteiger partial charge on any atom is -0.342 e. The molecule has 27 heavy (non-hydrogen) atoms. The third-order valence-corrected chi connectivity index (χ3v) is 5.82. The van der Waals surface area contributed by atoms with Crippen molar-refractivity contribution >= 4 is 23.0 Å². The summed E-state index contributed by atoms with van der Waals surface area (Å²) in [5.41, 5.74) is 4.23. The average molecular weight is 385 g/mol. The van der Waals surface area contributed by atoms with E-state index in [0.717, 1.165) is 18.5 Å². The number of para-hydroxylation sites is 1. The molecule has 2 nitrogen and oxygen atoms in total. The summed E-state index contributed by atoms with van der Waals surface area (Å²) in [7, 11) is 0. The number of nitrogens with one attached hydrogen (secondary N) is 1. The highest BCUT2D eigenvalue weighted by Crippen LogP contribution is 2.30. The number of thiocarbonyl (C=S) groups is 1. The molecular formula is C23H29FN2S. The van der Waals surface area contributed by atoms with Gasteiger partial charge in [-0.15, -0.1) is 0 Å². The lowest BCUT2D eigenvalue weighted by atomic mass is 9.98. The molecule has 0 radical (unpaired) electrons. The molecule has 0 saturated heterocycles. The van der Waals surface area contributed by atoms with Crippen LogP contribution < -0.4 is 5.32 Å². The van der Waals surface area contributed by atoms with Crippen LogP contribution in [0.3, 0.4) is 0 Å². The maximum Gasteiger partial charge on any atom is 0.173 e. The molecule has 0 unspecified atom stereocenters. The minimum atomic E-state index is -0.165. The van der Waals surface area contributed by atoms with Crippen LogP contribution in [-0.2, 0) is 6.54 Å². The van der Waals surface area contributed by atoms with E-state index in [-0.39, 0.29) is 5.82 Å². The van der Waals surface area contributed by atoms with Crippen molar-refractivity contribution in [1.82, 2.24) is 4.90 Å². The van der Waals surface area contributed by atoms with Crippen LogP contribution in [0.5, 0.6) is 0 Å². The van der Waals surface area contributed by atoms with E-state index in [1.54, 1.807) is 6.07 Å². The third-order valence-electron chi connectivity index (χ3n) is 5.48. The second kappa shape index (κ2) is 8.83.